The van der Waals surface area contributed by atoms with Gasteiger partial charge in [0.25, 0.3) is 0 Å². The van der Waals surface area contributed by atoms with E-state index in [1.165, 1.54) is 23.9 Å². The standard InChI is InChI=1S/C17H16FN5OS/c18-13-1-3-14(4-2-13)25-12-17(24)21-8-10-23-9-5-15(22-23)16-11-19-6-7-20-16/h1-7,9,11H,8,10,12H2,(H,21,24). The van der Waals surface area contributed by atoms with Crippen molar-refractivity contribution < 1.29 is 9.18 Å². The van der Waals surface area contributed by atoms with Crippen LogP contribution in [0.15, 0.2) is 60.0 Å². The van der Waals surface area contributed by atoms with Crippen molar-refractivity contribution in [3.8, 4) is 11.4 Å². The van der Waals surface area contributed by atoms with Crippen molar-refractivity contribution in [1.82, 2.24) is 25.1 Å². The molecule has 6 nitrogen and oxygen atoms in total. The number of halogens is 1. The molecule has 0 unspecified atom stereocenters. The topological polar surface area (TPSA) is 72.7 Å². The third kappa shape index (κ3) is 5.12. The Bertz CT molecular complexity index is 823. The number of carbonyl (C=O) groups is 1. The van der Waals surface area contributed by atoms with Gasteiger partial charge in [-0.15, -0.1) is 11.8 Å². The zero-order chi connectivity index (χ0) is 17.5. The zero-order valence-corrected chi connectivity index (χ0v) is 14.1. The molecule has 0 radical (unpaired) electrons. The molecule has 8 heteroatoms. The molecule has 0 bridgehead atoms. The van der Waals surface area contributed by atoms with Crippen molar-refractivity contribution in [2.45, 2.75) is 11.4 Å². The Morgan fingerprint density at radius 2 is 2.00 bits per heavy atom. The summed E-state index contributed by atoms with van der Waals surface area (Å²) in [6.07, 6.45) is 6.72. The van der Waals surface area contributed by atoms with Crippen LogP contribution in [0, 0.1) is 5.82 Å². The Labute approximate surface area is 148 Å². The van der Waals surface area contributed by atoms with Crippen LogP contribution >= 0.6 is 11.8 Å². The molecule has 0 fully saturated rings. The molecule has 3 aromatic rings. The molecule has 0 saturated carbocycles. The van der Waals surface area contributed by atoms with Gasteiger partial charge < -0.3 is 5.32 Å². The highest BCUT2D eigenvalue weighted by atomic mass is 32.2. The normalized spacial score (nSPS) is 10.6. The predicted octanol–water partition coefficient (Wildman–Crippen LogP) is 2.39. The van der Waals surface area contributed by atoms with Crippen molar-refractivity contribution in [3.05, 3.63) is 60.9 Å². The van der Waals surface area contributed by atoms with Gasteiger partial charge in [-0.25, -0.2) is 4.39 Å². The second kappa shape index (κ2) is 8.39. The lowest BCUT2D eigenvalue weighted by molar-refractivity contribution is -0.118. The molecule has 0 aliphatic heterocycles. The average Bonchev–Trinajstić information content (AvgIpc) is 3.11. The summed E-state index contributed by atoms with van der Waals surface area (Å²) in [5.41, 5.74) is 1.45. The summed E-state index contributed by atoms with van der Waals surface area (Å²) in [6, 6.07) is 7.94. The molecule has 1 aromatic carbocycles. The summed E-state index contributed by atoms with van der Waals surface area (Å²) in [7, 11) is 0. The number of carbonyl (C=O) groups excluding carboxylic acids is 1. The van der Waals surface area contributed by atoms with Crippen molar-refractivity contribution in [1.29, 1.82) is 0 Å². The number of nitrogens with zero attached hydrogens (tertiary/aromatic N) is 4. The van der Waals surface area contributed by atoms with E-state index in [1.54, 1.807) is 35.4 Å². The molecule has 1 N–H and O–H groups in total. The highest BCUT2D eigenvalue weighted by molar-refractivity contribution is 8.00. The van der Waals surface area contributed by atoms with Gasteiger partial charge in [-0.1, -0.05) is 0 Å². The van der Waals surface area contributed by atoms with Crippen LogP contribution in [0.1, 0.15) is 0 Å². The molecule has 3 rings (SSSR count). The maximum absolute atomic E-state index is 12.8. The van der Waals surface area contributed by atoms with Crippen LogP contribution in [0.4, 0.5) is 4.39 Å². The van der Waals surface area contributed by atoms with Crippen LogP contribution in [-0.2, 0) is 11.3 Å². The molecule has 1 amide bonds. The second-order valence-electron chi connectivity index (χ2n) is 5.15. The number of amides is 1. The molecule has 0 aliphatic rings. The van der Waals surface area contributed by atoms with Gasteiger partial charge >= 0.3 is 0 Å². The van der Waals surface area contributed by atoms with E-state index in [1.807, 2.05) is 12.3 Å². The van der Waals surface area contributed by atoms with Crippen LogP contribution in [0.25, 0.3) is 11.4 Å². The summed E-state index contributed by atoms with van der Waals surface area (Å²) >= 11 is 1.37. The Morgan fingerprint density at radius 3 is 2.76 bits per heavy atom. The van der Waals surface area contributed by atoms with Crippen molar-refractivity contribution in [2.75, 3.05) is 12.3 Å². The molecule has 0 atom stereocenters. The smallest absolute Gasteiger partial charge is 0.230 e. The third-order valence-electron chi connectivity index (χ3n) is 3.31. The molecule has 0 spiro atoms. The van der Waals surface area contributed by atoms with Gasteiger partial charge in [-0.2, -0.15) is 5.10 Å². The fourth-order valence-corrected chi connectivity index (χ4v) is 2.82. The Hall–Kier alpha value is -2.74. The molecule has 25 heavy (non-hydrogen) atoms. The summed E-state index contributed by atoms with van der Waals surface area (Å²) in [5, 5.41) is 7.24. The first-order chi connectivity index (χ1) is 12.2. The van der Waals surface area contributed by atoms with Gasteiger partial charge in [0, 0.05) is 30.0 Å². The van der Waals surface area contributed by atoms with Crippen LogP contribution in [0.3, 0.4) is 0 Å². The van der Waals surface area contributed by atoms with Gasteiger partial charge in [0.2, 0.25) is 5.91 Å². The minimum Gasteiger partial charge on any atom is -0.354 e. The van der Waals surface area contributed by atoms with Crippen molar-refractivity contribution in [3.63, 3.8) is 0 Å². The quantitative estimate of drug-likeness (QED) is 0.657. The summed E-state index contributed by atoms with van der Waals surface area (Å²) < 4.78 is 14.6. The van der Waals surface area contributed by atoms with Crippen LogP contribution in [0.5, 0.6) is 0 Å². The summed E-state index contributed by atoms with van der Waals surface area (Å²) in [5.74, 6) is -0.0696. The molecule has 2 aromatic heterocycles. The van der Waals surface area contributed by atoms with E-state index in [4.69, 9.17) is 0 Å². The predicted molar refractivity (Wildman–Crippen MR) is 93.4 cm³/mol. The first-order valence-electron chi connectivity index (χ1n) is 7.65. The van der Waals surface area contributed by atoms with E-state index in [2.05, 4.69) is 20.4 Å². The first kappa shape index (κ1) is 17.1. The minimum atomic E-state index is -0.283. The zero-order valence-electron chi connectivity index (χ0n) is 13.3. The second-order valence-corrected chi connectivity index (χ2v) is 6.20. The molecule has 2 heterocycles. The number of hydrogen-bond donors (Lipinski definition) is 1. The van der Waals surface area contributed by atoms with E-state index < -0.39 is 0 Å². The van der Waals surface area contributed by atoms with Crippen LogP contribution in [-0.4, -0.2) is 38.0 Å². The lowest BCUT2D eigenvalue weighted by Crippen LogP contribution is -2.28. The number of thioether (sulfide) groups is 1. The Morgan fingerprint density at radius 1 is 1.16 bits per heavy atom. The van der Waals surface area contributed by atoms with E-state index in [0.717, 1.165) is 10.6 Å². The Kier molecular flexibility index (Phi) is 5.73. The SMILES string of the molecule is O=C(CSc1ccc(F)cc1)NCCn1ccc(-c2cnccn2)n1. The third-order valence-corrected chi connectivity index (χ3v) is 4.32. The largest absolute Gasteiger partial charge is 0.354 e. The number of benzene rings is 1. The van der Waals surface area contributed by atoms with E-state index in [-0.39, 0.29) is 17.5 Å². The summed E-state index contributed by atoms with van der Waals surface area (Å²) in [4.78, 5) is 20.9. The molecule has 0 aliphatic carbocycles. The van der Waals surface area contributed by atoms with Crippen molar-refractivity contribution >= 4 is 17.7 Å². The van der Waals surface area contributed by atoms with Crippen LogP contribution in [0.2, 0.25) is 0 Å². The molecular weight excluding hydrogens is 341 g/mol. The fraction of sp³-hybridized carbons (Fsp3) is 0.176. The lowest BCUT2D eigenvalue weighted by Gasteiger charge is -2.05. The van der Waals surface area contributed by atoms with Gasteiger partial charge in [-0.05, 0) is 30.3 Å². The number of rotatable bonds is 7. The monoisotopic (exact) mass is 357 g/mol. The molecular formula is C17H16FN5OS. The Balaban J connectivity index is 1.41. The maximum atomic E-state index is 12.8. The van der Waals surface area contributed by atoms with E-state index >= 15 is 0 Å². The highest BCUT2D eigenvalue weighted by Crippen LogP contribution is 2.17. The minimum absolute atomic E-state index is 0.0735. The van der Waals surface area contributed by atoms with Gasteiger partial charge in [-0.3, -0.25) is 19.4 Å². The number of aromatic nitrogens is 4. The van der Waals surface area contributed by atoms with E-state index in [0.29, 0.717) is 18.8 Å². The highest BCUT2D eigenvalue weighted by Gasteiger charge is 2.05. The van der Waals surface area contributed by atoms with E-state index in [9.17, 15) is 9.18 Å². The van der Waals surface area contributed by atoms with Crippen LogP contribution < -0.4 is 5.32 Å². The fourth-order valence-electron chi connectivity index (χ4n) is 2.09. The first-order valence-corrected chi connectivity index (χ1v) is 8.64. The number of nitrogens with one attached hydrogen (secondary N) is 1. The van der Waals surface area contributed by atoms with Gasteiger partial charge in [0.15, 0.2) is 0 Å². The molecule has 0 saturated heterocycles. The van der Waals surface area contributed by atoms with Crippen molar-refractivity contribution in [2.24, 2.45) is 0 Å². The number of hydrogen-bond acceptors (Lipinski definition) is 5. The van der Waals surface area contributed by atoms with Gasteiger partial charge in [0.1, 0.15) is 17.2 Å². The summed E-state index contributed by atoms with van der Waals surface area (Å²) in [6.45, 7) is 1.04. The molecule has 128 valence electrons. The maximum Gasteiger partial charge on any atom is 0.230 e. The average molecular weight is 357 g/mol. The van der Waals surface area contributed by atoms with Gasteiger partial charge in [0.05, 0.1) is 18.5 Å². The lowest BCUT2D eigenvalue weighted by atomic mass is 10.3.